The van der Waals surface area contributed by atoms with Crippen LogP contribution in [0, 0.1) is 0 Å². The second-order valence-electron chi connectivity index (χ2n) is 5.15. The van der Waals surface area contributed by atoms with Crippen molar-refractivity contribution in [1.29, 1.82) is 0 Å². The van der Waals surface area contributed by atoms with Gasteiger partial charge >= 0.3 is 6.18 Å². The average molecular weight is 443 g/mol. The zero-order valence-electron chi connectivity index (χ0n) is 13.5. The quantitative estimate of drug-likeness (QED) is 0.375. The van der Waals surface area contributed by atoms with E-state index in [1.54, 1.807) is 0 Å². The molecule has 0 fully saturated rings. The van der Waals surface area contributed by atoms with Crippen LogP contribution in [0.3, 0.4) is 0 Å². The van der Waals surface area contributed by atoms with Crippen LogP contribution in [0.2, 0.25) is 0 Å². The average Bonchev–Trinajstić information content (AvgIpc) is 2.46. The molecule has 7 heteroatoms. The van der Waals surface area contributed by atoms with Crippen molar-refractivity contribution < 1.29 is 13.2 Å². The van der Waals surface area contributed by atoms with Crippen LogP contribution < -0.4 is 10.6 Å². The van der Waals surface area contributed by atoms with E-state index >= 15 is 0 Å². The zero-order valence-corrected chi connectivity index (χ0v) is 15.8. The van der Waals surface area contributed by atoms with Crippen molar-refractivity contribution >= 4 is 29.9 Å². The van der Waals surface area contributed by atoms with Gasteiger partial charge in [-0.05, 0) is 24.8 Å². The lowest BCUT2D eigenvalue weighted by Gasteiger charge is -2.14. The molecule has 0 amide bonds. The summed E-state index contributed by atoms with van der Waals surface area (Å²) in [5, 5.41) is 5.66. The van der Waals surface area contributed by atoms with Crippen LogP contribution in [0.5, 0.6) is 0 Å². The Bertz CT molecular complexity index is 450. The number of halogens is 4. The molecule has 0 spiro atoms. The molecule has 0 aromatic heterocycles. The van der Waals surface area contributed by atoms with Crippen molar-refractivity contribution in [3.05, 3.63) is 35.9 Å². The van der Waals surface area contributed by atoms with E-state index in [0.29, 0.717) is 25.0 Å². The number of alkyl halides is 3. The highest BCUT2D eigenvalue weighted by molar-refractivity contribution is 14.0. The summed E-state index contributed by atoms with van der Waals surface area (Å²) in [6.07, 6.45) is -4.16. The van der Waals surface area contributed by atoms with Gasteiger partial charge in [0.2, 0.25) is 0 Å². The van der Waals surface area contributed by atoms with Gasteiger partial charge in [-0.2, -0.15) is 13.2 Å². The van der Waals surface area contributed by atoms with Crippen molar-refractivity contribution in [2.45, 2.75) is 38.8 Å². The lowest BCUT2D eigenvalue weighted by Crippen LogP contribution is -2.39. The van der Waals surface area contributed by atoms with Gasteiger partial charge in [0.05, 0.1) is 6.42 Å². The first-order valence-electron chi connectivity index (χ1n) is 7.56. The Hall–Kier alpha value is -0.990. The molecular weight excluding hydrogens is 418 g/mol. The van der Waals surface area contributed by atoms with E-state index in [4.69, 9.17) is 0 Å². The lowest BCUT2D eigenvalue weighted by atomic mass is 9.98. The second-order valence-corrected chi connectivity index (χ2v) is 5.15. The number of guanidine groups is 1. The molecule has 0 saturated heterocycles. The Morgan fingerprint density at radius 3 is 2.39 bits per heavy atom. The fourth-order valence-electron chi connectivity index (χ4n) is 1.98. The van der Waals surface area contributed by atoms with E-state index in [0.717, 1.165) is 6.42 Å². The second kappa shape index (κ2) is 11.5. The van der Waals surface area contributed by atoms with E-state index in [-0.39, 0.29) is 30.5 Å². The van der Waals surface area contributed by atoms with Gasteiger partial charge in [-0.15, -0.1) is 24.0 Å². The molecule has 0 aliphatic rings. The minimum atomic E-state index is -4.15. The zero-order chi connectivity index (χ0) is 16.4. The summed E-state index contributed by atoms with van der Waals surface area (Å²) in [4.78, 5) is 4.33. The fraction of sp³-hybridized carbons (Fsp3) is 0.562. The lowest BCUT2D eigenvalue weighted by molar-refractivity contribution is -0.132. The molecule has 0 saturated carbocycles. The van der Waals surface area contributed by atoms with Crippen LogP contribution in [0.4, 0.5) is 13.2 Å². The van der Waals surface area contributed by atoms with E-state index in [1.807, 2.05) is 25.1 Å². The van der Waals surface area contributed by atoms with Crippen LogP contribution in [0.15, 0.2) is 35.3 Å². The van der Waals surface area contributed by atoms with Crippen molar-refractivity contribution in [2.75, 3.05) is 19.6 Å². The highest BCUT2D eigenvalue weighted by Gasteiger charge is 2.26. The van der Waals surface area contributed by atoms with Gasteiger partial charge in [-0.3, -0.25) is 4.99 Å². The Kier molecular flexibility index (Phi) is 11.0. The summed E-state index contributed by atoms with van der Waals surface area (Å²) in [6, 6.07) is 10.1. The van der Waals surface area contributed by atoms with Crippen molar-refractivity contribution in [3.63, 3.8) is 0 Å². The third-order valence-corrected chi connectivity index (χ3v) is 3.25. The normalized spacial score (nSPS) is 13.2. The maximum absolute atomic E-state index is 12.1. The van der Waals surface area contributed by atoms with Crippen LogP contribution in [-0.4, -0.2) is 31.8 Å². The molecule has 1 unspecified atom stereocenters. The molecule has 23 heavy (non-hydrogen) atoms. The summed E-state index contributed by atoms with van der Waals surface area (Å²) in [5.41, 5.74) is 1.24. The minimum Gasteiger partial charge on any atom is -0.357 e. The number of nitrogens with one attached hydrogen (secondary N) is 2. The number of hydrogen-bond donors (Lipinski definition) is 2. The number of nitrogens with zero attached hydrogens (tertiary/aromatic N) is 1. The van der Waals surface area contributed by atoms with Crippen LogP contribution >= 0.6 is 24.0 Å². The molecular formula is C16H25F3IN3. The molecule has 2 N–H and O–H groups in total. The topological polar surface area (TPSA) is 36.4 Å². The summed E-state index contributed by atoms with van der Waals surface area (Å²) in [7, 11) is 0. The predicted molar refractivity (Wildman–Crippen MR) is 99.5 cm³/mol. The van der Waals surface area contributed by atoms with Gasteiger partial charge in [-0.25, -0.2) is 0 Å². The predicted octanol–water partition coefficient (Wildman–Crippen LogP) is 4.31. The highest BCUT2D eigenvalue weighted by atomic mass is 127. The molecule has 0 bridgehead atoms. The standard InChI is InChI=1S/C16H24F3N3.HI/c1-3-20-15(22-12-10-16(17,18)19)21-11-9-13(2)14-7-5-4-6-8-14;/h4-8,13H,3,9-12H2,1-2H3,(H2,20,21,22);1H. The molecule has 1 atom stereocenters. The van der Waals surface area contributed by atoms with Gasteiger partial charge in [0.15, 0.2) is 5.96 Å². The summed E-state index contributed by atoms with van der Waals surface area (Å²) >= 11 is 0. The SMILES string of the molecule is CCNC(=NCCC(C)c1ccccc1)NCCC(F)(F)F.I. The molecule has 0 aliphatic heterocycles. The third kappa shape index (κ3) is 10.4. The summed E-state index contributed by atoms with van der Waals surface area (Å²) in [5.74, 6) is 0.801. The molecule has 1 aromatic carbocycles. The molecule has 132 valence electrons. The van der Waals surface area contributed by atoms with Gasteiger partial charge in [0.25, 0.3) is 0 Å². The van der Waals surface area contributed by atoms with Crippen molar-refractivity contribution in [3.8, 4) is 0 Å². The third-order valence-electron chi connectivity index (χ3n) is 3.25. The molecule has 1 aromatic rings. The number of aliphatic imine (C=N–C) groups is 1. The summed E-state index contributed by atoms with van der Waals surface area (Å²) in [6.45, 7) is 5.02. The van der Waals surface area contributed by atoms with Crippen LogP contribution in [-0.2, 0) is 0 Å². The molecule has 1 rings (SSSR count). The minimum absolute atomic E-state index is 0. The number of hydrogen-bond acceptors (Lipinski definition) is 1. The smallest absolute Gasteiger partial charge is 0.357 e. The molecule has 0 radical (unpaired) electrons. The molecule has 0 heterocycles. The Morgan fingerprint density at radius 1 is 1.17 bits per heavy atom. The van der Waals surface area contributed by atoms with E-state index in [2.05, 4.69) is 34.7 Å². The van der Waals surface area contributed by atoms with E-state index in [1.165, 1.54) is 5.56 Å². The number of rotatable bonds is 7. The van der Waals surface area contributed by atoms with Crippen molar-refractivity contribution in [1.82, 2.24) is 10.6 Å². The van der Waals surface area contributed by atoms with Gasteiger partial charge < -0.3 is 10.6 Å². The maximum atomic E-state index is 12.1. The first-order chi connectivity index (χ1) is 10.4. The fourth-order valence-corrected chi connectivity index (χ4v) is 1.98. The number of benzene rings is 1. The van der Waals surface area contributed by atoms with E-state index in [9.17, 15) is 13.2 Å². The molecule has 3 nitrogen and oxygen atoms in total. The Labute approximate surface area is 153 Å². The Balaban J connectivity index is 0.00000484. The first kappa shape index (κ1) is 22.0. The highest BCUT2D eigenvalue weighted by Crippen LogP contribution is 2.19. The van der Waals surface area contributed by atoms with Gasteiger partial charge in [0.1, 0.15) is 0 Å². The molecule has 0 aliphatic carbocycles. The monoisotopic (exact) mass is 443 g/mol. The van der Waals surface area contributed by atoms with Crippen molar-refractivity contribution in [2.24, 2.45) is 4.99 Å². The largest absolute Gasteiger partial charge is 0.390 e. The van der Waals surface area contributed by atoms with Gasteiger partial charge in [-0.1, -0.05) is 37.3 Å². The van der Waals surface area contributed by atoms with Crippen LogP contribution in [0.1, 0.15) is 38.2 Å². The van der Waals surface area contributed by atoms with Crippen LogP contribution in [0.25, 0.3) is 0 Å². The Morgan fingerprint density at radius 2 is 1.83 bits per heavy atom. The maximum Gasteiger partial charge on any atom is 0.390 e. The van der Waals surface area contributed by atoms with E-state index < -0.39 is 12.6 Å². The first-order valence-corrected chi connectivity index (χ1v) is 7.56. The summed E-state index contributed by atoms with van der Waals surface area (Å²) < 4.78 is 36.4. The van der Waals surface area contributed by atoms with Gasteiger partial charge in [0, 0.05) is 19.6 Å².